The first-order valence-electron chi connectivity index (χ1n) is 6.31. The number of sulfonamides is 1. The average Bonchev–Trinajstić information content (AvgIpc) is 2.43. The van der Waals surface area contributed by atoms with E-state index in [-0.39, 0.29) is 5.25 Å². The molecule has 0 aliphatic heterocycles. The first-order chi connectivity index (χ1) is 8.99. The van der Waals surface area contributed by atoms with Crippen molar-refractivity contribution in [3.63, 3.8) is 0 Å². The summed E-state index contributed by atoms with van der Waals surface area (Å²) in [7, 11) is -3.39. The highest BCUT2D eigenvalue weighted by molar-refractivity contribution is 7.99. The van der Waals surface area contributed by atoms with Crippen LogP contribution < -0.4 is 10.0 Å². The van der Waals surface area contributed by atoms with Gasteiger partial charge >= 0.3 is 0 Å². The van der Waals surface area contributed by atoms with Gasteiger partial charge in [0, 0.05) is 18.3 Å². The average molecular weight is 302 g/mol. The molecule has 108 valence electrons. The van der Waals surface area contributed by atoms with E-state index in [4.69, 9.17) is 0 Å². The molecule has 1 aromatic rings. The SMILES string of the molecule is CCNCc1ccc(S(=O)(=O)NCC(C)SC)cc1. The molecule has 0 amide bonds. The van der Waals surface area contributed by atoms with Crippen LogP contribution in [0.4, 0.5) is 0 Å². The van der Waals surface area contributed by atoms with Gasteiger partial charge in [-0.1, -0.05) is 26.0 Å². The van der Waals surface area contributed by atoms with Crippen molar-refractivity contribution in [3.8, 4) is 0 Å². The lowest BCUT2D eigenvalue weighted by Crippen LogP contribution is -2.29. The van der Waals surface area contributed by atoms with Crippen LogP contribution in [-0.4, -0.2) is 33.0 Å². The molecular weight excluding hydrogens is 280 g/mol. The Labute approximate surface area is 120 Å². The molecular formula is C13H22N2O2S2. The lowest BCUT2D eigenvalue weighted by atomic mass is 10.2. The van der Waals surface area contributed by atoms with Gasteiger partial charge in [-0.15, -0.1) is 0 Å². The number of thioether (sulfide) groups is 1. The van der Waals surface area contributed by atoms with Crippen LogP contribution in [0.15, 0.2) is 29.2 Å². The van der Waals surface area contributed by atoms with Gasteiger partial charge < -0.3 is 5.32 Å². The van der Waals surface area contributed by atoms with Gasteiger partial charge in [-0.05, 0) is 30.5 Å². The third-order valence-electron chi connectivity index (χ3n) is 2.78. The molecule has 0 spiro atoms. The van der Waals surface area contributed by atoms with Crippen molar-refractivity contribution >= 4 is 21.8 Å². The number of hydrogen-bond donors (Lipinski definition) is 2. The zero-order chi connectivity index (χ0) is 14.3. The summed E-state index contributed by atoms with van der Waals surface area (Å²) in [5.41, 5.74) is 1.08. The molecule has 0 bridgehead atoms. The van der Waals surface area contributed by atoms with Gasteiger partial charge in [0.15, 0.2) is 0 Å². The van der Waals surface area contributed by atoms with Crippen LogP contribution in [0.3, 0.4) is 0 Å². The number of nitrogens with one attached hydrogen (secondary N) is 2. The molecule has 0 heterocycles. The summed E-state index contributed by atoms with van der Waals surface area (Å²) in [6.45, 7) is 6.13. The van der Waals surface area contributed by atoms with E-state index in [1.807, 2.05) is 32.2 Å². The monoisotopic (exact) mass is 302 g/mol. The highest BCUT2D eigenvalue weighted by Crippen LogP contribution is 2.11. The van der Waals surface area contributed by atoms with Crippen LogP contribution in [-0.2, 0) is 16.6 Å². The summed E-state index contributed by atoms with van der Waals surface area (Å²) in [6, 6.07) is 6.99. The number of rotatable bonds is 8. The van der Waals surface area contributed by atoms with Gasteiger partial charge in [-0.25, -0.2) is 13.1 Å². The molecule has 0 aliphatic rings. The standard InChI is InChI=1S/C13H22N2O2S2/c1-4-14-10-12-5-7-13(8-6-12)19(16,17)15-9-11(2)18-3/h5-8,11,14-15H,4,9-10H2,1-3H3. The van der Waals surface area contributed by atoms with Crippen molar-refractivity contribution in [3.05, 3.63) is 29.8 Å². The molecule has 0 aliphatic carbocycles. The molecule has 2 N–H and O–H groups in total. The third-order valence-corrected chi connectivity index (χ3v) is 5.19. The zero-order valence-corrected chi connectivity index (χ0v) is 13.3. The quantitative estimate of drug-likeness (QED) is 0.769. The minimum absolute atomic E-state index is 0.266. The van der Waals surface area contributed by atoms with Gasteiger partial charge in [0.25, 0.3) is 0 Å². The molecule has 0 saturated carbocycles. The molecule has 6 heteroatoms. The Morgan fingerprint density at radius 3 is 2.42 bits per heavy atom. The fourth-order valence-corrected chi connectivity index (χ4v) is 2.94. The first-order valence-corrected chi connectivity index (χ1v) is 9.08. The molecule has 0 fully saturated rings. The zero-order valence-electron chi connectivity index (χ0n) is 11.6. The maximum absolute atomic E-state index is 12.0. The molecule has 1 atom stereocenters. The molecule has 0 radical (unpaired) electrons. The molecule has 0 aromatic heterocycles. The maximum Gasteiger partial charge on any atom is 0.240 e. The number of benzene rings is 1. The van der Waals surface area contributed by atoms with Crippen LogP contribution >= 0.6 is 11.8 Å². The van der Waals surface area contributed by atoms with Crippen LogP contribution in [0.25, 0.3) is 0 Å². The Kier molecular flexibility index (Phi) is 6.85. The molecule has 1 unspecified atom stereocenters. The van der Waals surface area contributed by atoms with Crippen molar-refractivity contribution < 1.29 is 8.42 Å². The van der Waals surface area contributed by atoms with E-state index in [9.17, 15) is 8.42 Å². The second-order valence-corrected chi connectivity index (χ2v) is 7.37. The van der Waals surface area contributed by atoms with E-state index in [1.54, 1.807) is 23.9 Å². The smallest absolute Gasteiger partial charge is 0.240 e. The van der Waals surface area contributed by atoms with E-state index >= 15 is 0 Å². The van der Waals surface area contributed by atoms with Crippen LogP contribution in [0.1, 0.15) is 19.4 Å². The van der Waals surface area contributed by atoms with Crippen molar-refractivity contribution in [2.45, 2.75) is 30.5 Å². The minimum Gasteiger partial charge on any atom is -0.313 e. The van der Waals surface area contributed by atoms with Gasteiger partial charge in [-0.2, -0.15) is 11.8 Å². The van der Waals surface area contributed by atoms with E-state index in [0.717, 1.165) is 18.7 Å². The Morgan fingerprint density at radius 2 is 1.89 bits per heavy atom. The minimum atomic E-state index is -3.39. The van der Waals surface area contributed by atoms with Gasteiger partial charge in [0.1, 0.15) is 0 Å². The summed E-state index contributed by atoms with van der Waals surface area (Å²) in [4.78, 5) is 0.320. The largest absolute Gasteiger partial charge is 0.313 e. The van der Waals surface area contributed by atoms with Gasteiger partial charge in [0.05, 0.1) is 4.90 Å². The highest BCUT2D eigenvalue weighted by atomic mass is 32.2. The van der Waals surface area contributed by atoms with Gasteiger partial charge in [-0.3, -0.25) is 0 Å². The second kappa shape index (κ2) is 7.89. The second-order valence-electron chi connectivity index (χ2n) is 4.32. The third kappa shape index (κ3) is 5.52. The van der Waals surface area contributed by atoms with E-state index in [1.165, 1.54) is 0 Å². The number of hydrogen-bond acceptors (Lipinski definition) is 4. The van der Waals surface area contributed by atoms with E-state index in [0.29, 0.717) is 11.4 Å². The lowest BCUT2D eigenvalue weighted by Gasteiger charge is -2.11. The van der Waals surface area contributed by atoms with Crippen LogP contribution in [0.5, 0.6) is 0 Å². The summed E-state index contributed by atoms with van der Waals surface area (Å²) in [5.74, 6) is 0. The van der Waals surface area contributed by atoms with Gasteiger partial charge in [0.2, 0.25) is 10.0 Å². The van der Waals surface area contributed by atoms with Crippen molar-refractivity contribution in [1.82, 2.24) is 10.0 Å². The Morgan fingerprint density at radius 1 is 1.26 bits per heavy atom. The Hall–Kier alpha value is -0.560. The maximum atomic E-state index is 12.0. The Bertz CT molecular complexity index is 472. The van der Waals surface area contributed by atoms with Crippen LogP contribution in [0, 0.1) is 0 Å². The highest BCUT2D eigenvalue weighted by Gasteiger charge is 2.14. The summed E-state index contributed by atoms with van der Waals surface area (Å²) >= 11 is 1.64. The molecule has 4 nitrogen and oxygen atoms in total. The summed E-state index contributed by atoms with van der Waals surface area (Å²) in [6.07, 6.45) is 1.97. The van der Waals surface area contributed by atoms with Crippen molar-refractivity contribution in [2.75, 3.05) is 19.3 Å². The summed E-state index contributed by atoms with van der Waals surface area (Å²) in [5, 5.41) is 3.47. The van der Waals surface area contributed by atoms with Crippen molar-refractivity contribution in [1.29, 1.82) is 0 Å². The van der Waals surface area contributed by atoms with E-state index in [2.05, 4.69) is 10.0 Å². The predicted octanol–water partition coefficient (Wildman–Crippen LogP) is 1.83. The predicted molar refractivity (Wildman–Crippen MR) is 82.0 cm³/mol. The lowest BCUT2D eigenvalue weighted by molar-refractivity contribution is 0.581. The molecule has 0 saturated heterocycles. The normalized spacial score (nSPS) is 13.4. The van der Waals surface area contributed by atoms with E-state index < -0.39 is 10.0 Å². The van der Waals surface area contributed by atoms with Crippen LogP contribution in [0.2, 0.25) is 0 Å². The molecule has 1 aromatic carbocycles. The topological polar surface area (TPSA) is 58.2 Å². The summed E-state index contributed by atoms with van der Waals surface area (Å²) < 4.78 is 26.7. The first kappa shape index (κ1) is 16.5. The molecule has 19 heavy (non-hydrogen) atoms. The fraction of sp³-hybridized carbons (Fsp3) is 0.538. The molecule has 1 rings (SSSR count). The van der Waals surface area contributed by atoms with Crippen molar-refractivity contribution in [2.24, 2.45) is 0 Å². The Balaban J connectivity index is 2.68. The fourth-order valence-electron chi connectivity index (χ4n) is 1.45.